The molecule has 0 spiro atoms. The highest BCUT2D eigenvalue weighted by Gasteiger charge is 2.29. The highest BCUT2D eigenvalue weighted by molar-refractivity contribution is 8.00. The summed E-state index contributed by atoms with van der Waals surface area (Å²) in [5.41, 5.74) is 2.13. The molecule has 4 rings (SSSR count). The van der Waals surface area contributed by atoms with E-state index >= 15 is 0 Å². The Hall–Kier alpha value is -3.76. The molecular weight excluding hydrogens is 500 g/mol. The van der Waals surface area contributed by atoms with Crippen LogP contribution in [0.4, 0.5) is 5.69 Å². The molecule has 0 fully saturated rings. The number of hydrogen-bond donors (Lipinski definition) is 1. The fourth-order valence-electron chi connectivity index (χ4n) is 3.30. The second-order valence-corrected chi connectivity index (χ2v) is 10.5. The summed E-state index contributed by atoms with van der Waals surface area (Å²) in [4.78, 5) is 17.1. The van der Waals surface area contributed by atoms with Gasteiger partial charge in [0.25, 0.3) is 0 Å². The van der Waals surface area contributed by atoms with Crippen LogP contribution in [0.15, 0.2) is 92.2 Å². The zero-order valence-electron chi connectivity index (χ0n) is 19.8. The highest BCUT2D eigenvalue weighted by atomic mass is 32.2. The molecule has 186 valence electrons. The average molecular weight is 525 g/mol. The summed E-state index contributed by atoms with van der Waals surface area (Å²) in [7, 11) is -0.960. The number of benzene rings is 3. The second kappa shape index (κ2) is 10.9. The second-order valence-electron chi connectivity index (χ2n) is 7.70. The Labute approximate surface area is 213 Å². The zero-order valence-corrected chi connectivity index (χ0v) is 21.5. The predicted molar refractivity (Wildman–Crippen MR) is 137 cm³/mol. The molecule has 4 aromatic rings. The number of amides is 1. The van der Waals surface area contributed by atoms with Crippen molar-refractivity contribution in [3.05, 3.63) is 78.4 Å². The molecule has 36 heavy (non-hydrogen) atoms. The molecule has 0 radical (unpaired) electrons. The van der Waals surface area contributed by atoms with E-state index in [0.717, 1.165) is 17.3 Å². The lowest BCUT2D eigenvalue weighted by Crippen LogP contribution is -2.15. The Bertz CT molecular complexity index is 1470. The van der Waals surface area contributed by atoms with E-state index in [1.54, 1.807) is 48.5 Å². The van der Waals surface area contributed by atoms with E-state index in [4.69, 9.17) is 13.9 Å². The summed E-state index contributed by atoms with van der Waals surface area (Å²) in [5, 5.41) is 2.57. The molecule has 0 atom stereocenters. The first-order valence-electron chi connectivity index (χ1n) is 10.8. The lowest BCUT2D eigenvalue weighted by atomic mass is 10.1. The molecule has 1 aromatic heterocycles. The van der Waals surface area contributed by atoms with Gasteiger partial charge in [-0.1, -0.05) is 47.7 Å². The minimum absolute atomic E-state index is 0.0336. The first-order valence-corrected chi connectivity index (χ1v) is 13.3. The molecule has 8 nitrogen and oxygen atoms in total. The molecule has 0 aliphatic rings. The number of nitrogens with zero attached hydrogens (tertiary/aromatic N) is 1. The third-order valence-electron chi connectivity index (χ3n) is 5.19. The molecule has 0 bridgehead atoms. The van der Waals surface area contributed by atoms with Gasteiger partial charge in [-0.2, -0.15) is 4.98 Å². The van der Waals surface area contributed by atoms with Gasteiger partial charge >= 0.3 is 0 Å². The fourth-order valence-corrected chi connectivity index (χ4v) is 5.65. The zero-order chi connectivity index (χ0) is 25.7. The minimum atomic E-state index is -3.98. The number of carbonyl (C=O) groups is 1. The predicted octanol–water partition coefficient (Wildman–Crippen LogP) is 5.23. The number of methoxy groups -OCH3 is 2. The van der Waals surface area contributed by atoms with E-state index in [9.17, 15) is 13.2 Å². The van der Waals surface area contributed by atoms with Crippen LogP contribution in [-0.4, -0.2) is 39.3 Å². The standard InChI is InChI=1S/C26H24N2O6S2/c1-17-9-11-18(12-10-17)24-28-25(36(30,31)20-7-5-4-6-8-20)26(34-24)35-16-23(29)27-21-14-13-19(32-2)15-22(21)33-3/h4-15H,16H2,1-3H3,(H,27,29). The summed E-state index contributed by atoms with van der Waals surface area (Å²) in [6.45, 7) is 1.95. The van der Waals surface area contributed by atoms with Crippen LogP contribution in [0.5, 0.6) is 11.5 Å². The van der Waals surface area contributed by atoms with E-state index in [2.05, 4.69) is 10.3 Å². The summed E-state index contributed by atoms with van der Waals surface area (Å²) in [6, 6.07) is 20.4. The van der Waals surface area contributed by atoms with Crippen LogP contribution in [0, 0.1) is 6.92 Å². The number of sulfone groups is 1. The van der Waals surface area contributed by atoms with E-state index in [-0.39, 0.29) is 32.6 Å². The number of thioether (sulfide) groups is 1. The van der Waals surface area contributed by atoms with Crippen molar-refractivity contribution >= 4 is 33.2 Å². The number of rotatable bonds is 9. The van der Waals surface area contributed by atoms with Crippen LogP contribution < -0.4 is 14.8 Å². The lowest BCUT2D eigenvalue weighted by Gasteiger charge is -2.11. The average Bonchev–Trinajstić information content (AvgIpc) is 3.34. The topological polar surface area (TPSA) is 108 Å². The summed E-state index contributed by atoms with van der Waals surface area (Å²) < 4.78 is 43.1. The molecule has 0 aliphatic carbocycles. The Morgan fingerprint density at radius 2 is 1.72 bits per heavy atom. The van der Waals surface area contributed by atoms with Crippen LogP contribution in [0.2, 0.25) is 0 Å². The number of aryl methyl sites for hydroxylation is 1. The third kappa shape index (κ3) is 5.55. The maximum absolute atomic E-state index is 13.4. The Balaban J connectivity index is 1.61. The number of ether oxygens (including phenoxy) is 2. The van der Waals surface area contributed by atoms with Crippen molar-refractivity contribution in [3.8, 4) is 23.0 Å². The smallest absolute Gasteiger partial charge is 0.234 e. The van der Waals surface area contributed by atoms with Crippen molar-refractivity contribution in [3.63, 3.8) is 0 Å². The molecule has 0 aliphatic heterocycles. The molecule has 3 aromatic carbocycles. The Kier molecular flexibility index (Phi) is 7.66. The van der Waals surface area contributed by atoms with Gasteiger partial charge in [0.2, 0.25) is 31.8 Å². The van der Waals surface area contributed by atoms with E-state index in [0.29, 0.717) is 22.7 Å². The lowest BCUT2D eigenvalue weighted by molar-refractivity contribution is -0.113. The maximum Gasteiger partial charge on any atom is 0.234 e. The van der Waals surface area contributed by atoms with Gasteiger partial charge in [-0.3, -0.25) is 4.79 Å². The number of anilines is 1. The van der Waals surface area contributed by atoms with Gasteiger partial charge < -0.3 is 19.2 Å². The van der Waals surface area contributed by atoms with E-state index in [1.807, 2.05) is 19.1 Å². The van der Waals surface area contributed by atoms with Crippen LogP contribution in [0.3, 0.4) is 0 Å². The fraction of sp³-hybridized carbons (Fsp3) is 0.154. The SMILES string of the molecule is COc1ccc(NC(=O)CSc2oc(-c3ccc(C)cc3)nc2S(=O)(=O)c2ccccc2)c(OC)c1. The van der Waals surface area contributed by atoms with Crippen LogP contribution in [-0.2, 0) is 14.6 Å². The Morgan fingerprint density at radius 3 is 2.39 bits per heavy atom. The van der Waals surface area contributed by atoms with Gasteiger partial charge in [0.15, 0.2) is 0 Å². The van der Waals surface area contributed by atoms with Gasteiger partial charge in [-0.15, -0.1) is 0 Å². The number of carbonyl (C=O) groups excluding carboxylic acids is 1. The van der Waals surface area contributed by atoms with Crippen molar-refractivity contribution < 1.29 is 27.1 Å². The number of oxazole rings is 1. The van der Waals surface area contributed by atoms with E-state index in [1.165, 1.54) is 26.4 Å². The van der Waals surface area contributed by atoms with Gasteiger partial charge in [-0.05, 0) is 43.3 Å². The summed E-state index contributed by atoms with van der Waals surface area (Å²) >= 11 is 0.950. The molecule has 1 heterocycles. The summed E-state index contributed by atoms with van der Waals surface area (Å²) in [6.07, 6.45) is 0. The van der Waals surface area contributed by atoms with Crippen molar-refractivity contribution in [1.82, 2.24) is 4.98 Å². The largest absolute Gasteiger partial charge is 0.497 e. The molecule has 10 heteroatoms. The minimum Gasteiger partial charge on any atom is -0.497 e. The quantitative estimate of drug-likeness (QED) is 0.297. The van der Waals surface area contributed by atoms with Crippen molar-refractivity contribution in [1.29, 1.82) is 0 Å². The van der Waals surface area contributed by atoms with E-state index < -0.39 is 9.84 Å². The molecule has 1 N–H and O–H groups in total. The normalized spacial score (nSPS) is 11.2. The molecule has 0 saturated heterocycles. The third-order valence-corrected chi connectivity index (χ3v) is 7.94. The van der Waals surface area contributed by atoms with Gasteiger partial charge in [-0.25, -0.2) is 8.42 Å². The molecule has 0 saturated carbocycles. The van der Waals surface area contributed by atoms with Gasteiger partial charge in [0.05, 0.1) is 30.6 Å². The van der Waals surface area contributed by atoms with Crippen molar-refractivity contribution in [2.45, 2.75) is 21.9 Å². The number of aromatic nitrogens is 1. The van der Waals surface area contributed by atoms with Crippen molar-refractivity contribution in [2.75, 3.05) is 25.3 Å². The number of nitrogens with one attached hydrogen (secondary N) is 1. The van der Waals surface area contributed by atoms with Crippen LogP contribution in [0.1, 0.15) is 5.56 Å². The monoisotopic (exact) mass is 524 g/mol. The molecular formula is C26H24N2O6S2. The van der Waals surface area contributed by atoms with Gasteiger partial charge in [0, 0.05) is 11.6 Å². The van der Waals surface area contributed by atoms with Crippen LogP contribution in [0.25, 0.3) is 11.5 Å². The van der Waals surface area contributed by atoms with Gasteiger partial charge in [0.1, 0.15) is 11.5 Å². The highest BCUT2D eigenvalue weighted by Crippen LogP contribution is 2.35. The maximum atomic E-state index is 13.4. The molecule has 1 amide bonds. The van der Waals surface area contributed by atoms with Crippen LogP contribution >= 0.6 is 11.8 Å². The van der Waals surface area contributed by atoms with Crippen molar-refractivity contribution in [2.24, 2.45) is 0 Å². The molecule has 0 unspecified atom stereocenters. The number of hydrogen-bond acceptors (Lipinski definition) is 8. The first-order chi connectivity index (χ1) is 17.3. The Morgan fingerprint density at radius 1 is 1.00 bits per heavy atom. The summed E-state index contributed by atoms with van der Waals surface area (Å²) in [5.74, 6) is 0.681. The first kappa shape index (κ1) is 25.3.